The second-order valence-electron chi connectivity index (χ2n) is 5.72. The van der Waals surface area contributed by atoms with Crippen molar-refractivity contribution in [2.24, 2.45) is 5.92 Å². The van der Waals surface area contributed by atoms with Crippen LogP contribution in [-0.2, 0) is 9.59 Å². The van der Waals surface area contributed by atoms with Gasteiger partial charge in [-0.15, -0.1) is 0 Å². The number of nitrogens with zero attached hydrogens (tertiary/aromatic N) is 1. The predicted molar refractivity (Wildman–Crippen MR) is 84.9 cm³/mol. The fourth-order valence-corrected chi connectivity index (χ4v) is 2.97. The van der Waals surface area contributed by atoms with Crippen molar-refractivity contribution in [3.8, 4) is 0 Å². The maximum atomic E-state index is 12.1. The van der Waals surface area contributed by atoms with Crippen LogP contribution in [0.3, 0.4) is 0 Å². The molecular formula is C15H19BrN2O5. The first-order chi connectivity index (χ1) is 10.9. The molecule has 1 aliphatic rings. The SMILES string of the molecule is CN(CC(=O)NC1CCC(C(=O)O)CC1)C(=O)c1ccc(Br)o1. The maximum absolute atomic E-state index is 12.1. The Morgan fingerprint density at radius 3 is 2.48 bits per heavy atom. The second kappa shape index (κ2) is 7.63. The lowest BCUT2D eigenvalue weighted by atomic mass is 9.86. The van der Waals surface area contributed by atoms with E-state index >= 15 is 0 Å². The topological polar surface area (TPSA) is 99.9 Å². The minimum absolute atomic E-state index is 0.0284. The summed E-state index contributed by atoms with van der Waals surface area (Å²) in [7, 11) is 1.53. The highest BCUT2D eigenvalue weighted by Crippen LogP contribution is 2.24. The molecule has 2 rings (SSSR count). The van der Waals surface area contributed by atoms with Gasteiger partial charge in [0.05, 0.1) is 12.5 Å². The molecule has 23 heavy (non-hydrogen) atoms. The molecule has 0 radical (unpaired) electrons. The molecule has 2 N–H and O–H groups in total. The van der Waals surface area contributed by atoms with Gasteiger partial charge in [-0.2, -0.15) is 0 Å². The number of carbonyl (C=O) groups is 3. The highest BCUT2D eigenvalue weighted by Gasteiger charge is 2.27. The Hall–Kier alpha value is -1.83. The largest absolute Gasteiger partial charge is 0.481 e. The summed E-state index contributed by atoms with van der Waals surface area (Å²) in [6.07, 6.45) is 2.42. The maximum Gasteiger partial charge on any atom is 0.306 e. The van der Waals surface area contributed by atoms with E-state index in [4.69, 9.17) is 9.52 Å². The molecular weight excluding hydrogens is 368 g/mol. The number of hydrogen-bond donors (Lipinski definition) is 2. The smallest absolute Gasteiger partial charge is 0.306 e. The van der Waals surface area contributed by atoms with Crippen molar-refractivity contribution in [3.05, 3.63) is 22.6 Å². The number of amides is 2. The summed E-state index contributed by atoms with van der Waals surface area (Å²) in [6, 6.07) is 3.12. The fraction of sp³-hybridized carbons (Fsp3) is 0.533. The highest BCUT2D eigenvalue weighted by atomic mass is 79.9. The number of halogens is 1. The molecule has 1 aliphatic carbocycles. The normalized spacial score (nSPS) is 20.8. The van der Waals surface area contributed by atoms with E-state index in [1.165, 1.54) is 18.0 Å². The third-order valence-electron chi connectivity index (χ3n) is 3.95. The molecule has 1 fully saturated rings. The van der Waals surface area contributed by atoms with Gasteiger partial charge in [0.1, 0.15) is 0 Å². The van der Waals surface area contributed by atoms with Crippen LogP contribution in [0.2, 0.25) is 0 Å². The monoisotopic (exact) mass is 386 g/mol. The summed E-state index contributed by atoms with van der Waals surface area (Å²) in [5, 5.41) is 11.8. The van der Waals surface area contributed by atoms with Crippen molar-refractivity contribution in [1.82, 2.24) is 10.2 Å². The van der Waals surface area contributed by atoms with E-state index in [9.17, 15) is 14.4 Å². The Bertz CT molecular complexity index is 592. The molecule has 0 aromatic carbocycles. The number of carboxylic acids is 1. The minimum atomic E-state index is -0.773. The molecule has 0 spiro atoms. The van der Waals surface area contributed by atoms with E-state index in [2.05, 4.69) is 21.2 Å². The Morgan fingerprint density at radius 1 is 1.30 bits per heavy atom. The summed E-state index contributed by atoms with van der Waals surface area (Å²) in [6.45, 7) is -0.0734. The van der Waals surface area contributed by atoms with Crippen LogP contribution in [-0.4, -0.2) is 47.4 Å². The van der Waals surface area contributed by atoms with Crippen molar-refractivity contribution in [2.45, 2.75) is 31.7 Å². The summed E-state index contributed by atoms with van der Waals surface area (Å²) >= 11 is 3.12. The van der Waals surface area contributed by atoms with Crippen molar-refractivity contribution in [2.75, 3.05) is 13.6 Å². The Balaban J connectivity index is 1.78. The van der Waals surface area contributed by atoms with Crippen molar-refractivity contribution < 1.29 is 23.9 Å². The molecule has 1 aromatic rings. The van der Waals surface area contributed by atoms with Crippen LogP contribution in [0, 0.1) is 5.92 Å². The quantitative estimate of drug-likeness (QED) is 0.804. The zero-order valence-electron chi connectivity index (χ0n) is 12.8. The van der Waals surface area contributed by atoms with Gasteiger partial charge in [0.25, 0.3) is 5.91 Å². The molecule has 1 heterocycles. The first-order valence-electron chi connectivity index (χ1n) is 7.39. The number of nitrogens with one attached hydrogen (secondary N) is 1. The number of likely N-dealkylation sites (N-methyl/N-ethyl adjacent to an activating group) is 1. The summed E-state index contributed by atoms with van der Waals surface area (Å²) in [5.41, 5.74) is 0. The van der Waals surface area contributed by atoms with Crippen LogP contribution < -0.4 is 5.32 Å². The van der Waals surface area contributed by atoms with Crippen LogP contribution in [0.15, 0.2) is 21.2 Å². The van der Waals surface area contributed by atoms with Gasteiger partial charge in [-0.25, -0.2) is 0 Å². The summed E-state index contributed by atoms with van der Waals surface area (Å²) < 4.78 is 5.62. The fourth-order valence-electron chi connectivity index (χ4n) is 2.66. The second-order valence-corrected chi connectivity index (χ2v) is 6.50. The Labute approximate surface area is 142 Å². The lowest BCUT2D eigenvalue weighted by Gasteiger charge is -2.27. The Kier molecular flexibility index (Phi) is 5.81. The van der Waals surface area contributed by atoms with Gasteiger partial charge in [-0.1, -0.05) is 0 Å². The molecule has 8 heteroatoms. The van der Waals surface area contributed by atoms with Crippen molar-refractivity contribution in [3.63, 3.8) is 0 Å². The molecule has 1 aromatic heterocycles. The van der Waals surface area contributed by atoms with E-state index in [0.29, 0.717) is 30.4 Å². The van der Waals surface area contributed by atoms with Gasteiger partial charge in [0, 0.05) is 13.1 Å². The molecule has 0 atom stereocenters. The van der Waals surface area contributed by atoms with Crippen LogP contribution in [0.1, 0.15) is 36.2 Å². The van der Waals surface area contributed by atoms with Gasteiger partial charge in [-0.05, 0) is 53.7 Å². The lowest BCUT2D eigenvalue weighted by Crippen LogP contribution is -2.44. The number of carbonyl (C=O) groups excluding carboxylic acids is 2. The first-order valence-corrected chi connectivity index (χ1v) is 8.19. The first kappa shape index (κ1) is 17.5. The number of aliphatic carboxylic acids is 1. The Morgan fingerprint density at radius 2 is 1.96 bits per heavy atom. The molecule has 0 unspecified atom stereocenters. The van der Waals surface area contributed by atoms with Crippen molar-refractivity contribution >= 4 is 33.7 Å². The van der Waals surface area contributed by atoms with Crippen LogP contribution in [0.4, 0.5) is 0 Å². The zero-order valence-corrected chi connectivity index (χ0v) is 14.3. The standard InChI is InChI=1S/C15H19BrN2O5/c1-18(14(20)11-6-7-12(16)23-11)8-13(19)17-10-4-2-9(3-5-10)15(21)22/h6-7,9-10H,2-5,8H2,1H3,(H,17,19)(H,21,22). The number of rotatable bonds is 5. The van der Waals surface area contributed by atoms with E-state index in [0.717, 1.165) is 0 Å². The molecule has 126 valence electrons. The third-order valence-corrected chi connectivity index (χ3v) is 4.38. The average molecular weight is 387 g/mol. The van der Waals surface area contributed by atoms with Gasteiger partial charge in [0.15, 0.2) is 10.4 Å². The molecule has 1 saturated carbocycles. The molecule has 0 saturated heterocycles. The van der Waals surface area contributed by atoms with Crippen molar-refractivity contribution in [1.29, 1.82) is 0 Å². The van der Waals surface area contributed by atoms with Gasteiger partial charge in [0.2, 0.25) is 5.91 Å². The zero-order chi connectivity index (χ0) is 17.0. The van der Waals surface area contributed by atoms with Crippen LogP contribution >= 0.6 is 15.9 Å². The van der Waals surface area contributed by atoms with E-state index in [-0.39, 0.29) is 36.1 Å². The molecule has 7 nitrogen and oxygen atoms in total. The number of furan rings is 1. The molecule has 0 aliphatic heterocycles. The van der Waals surface area contributed by atoms with E-state index < -0.39 is 5.97 Å². The molecule has 0 bridgehead atoms. The minimum Gasteiger partial charge on any atom is -0.481 e. The van der Waals surface area contributed by atoms with Crippen LogP contribution in [0.5, 0.6) is 0 Å². The van der Waals surface area contributed by atoms with Gasteiger partial charge < -0.3 is 19.7 Å². The third kappa shape index (κ3) is 4.82. The number of hydrogen-bond acceptors (Lipinski definition) is 4. The summed E-state index contributed by atoms with van der Waals surface area (Å²) in [4.78, 5) is 36.3. The molecule has 2 amide bonds. The van der Waals surface area contributed by atoms with Gasteiger partial charge in [-0.3, -0.25) is 14.4 Å². The highest BCUT2D eigenvalue weighted by molar-refractivity contribution is 9.10. The van der Waals surface area contributed by atoms with Crippen LogP contribution in [0.25, 0.3) is 0 Å². The van der Waals surface area contributed by atoms with Gasteiger partial charge >= 0.3 is 5.97 Å². The van der Waals surface area contributed by atoms with E-state index in [1.54, 1.807) is 6.07 Å². The summed E-state index contributed by atoms with van der Waals surface area (Å²) in [5.74, 6) is -1.56. The average Bonchev–Trinajstić information content (AvgIpc) is 2.93. The number of carboxylic acid groups (broad SMARTS) is 1. The lowest BCUT2D eigenvalue weighted by molar-refractivity contribution is -0.142. The predicted octanol–water partition coefficient (Wildman–Crippen LogP) is 1.87. The van der Waals surface area contributed by atoms with E-state index in [1.807, 2.05) is 0 Å².